The molecule has 0 spiro atoms. The van der Waals surface area contributed by atoms with Crippen molar-refractivity contribution in [1.82, 2.24) is 10.1 Å². The second kappa shape index (κ2) is 4.36. The maximum absolute atomic E-state index is 12.2. The van der Waals surface area contributed by atoms with Crippen LogP contribution in [0.4, 0.5) is 8.78 Å². The number of alkyl halides is 2. The molecule has 6 heteroatoms. The summed E-state index contributed by atoms with van der Waals surface area (Å²) in [5, 5.41) is 3.42. The van der Waals surface area contributed by atoms with Crippen LogP contribution >= 0.6 is 0 Å². The minimum absolute atomic E-state index is 0.0569. The summed E-state index contributed by atoms with van der Waals surface area (Å²) in [6.07, 6.45) is -2.77. The van der Waals surface area contributed by atoms with E-state index in [2.05, 4.69) is 14.7 Å². The highest BCUT2D eigenvalue weighted by atomic mass is 19.3. The van der Waals surface area contributed by atoms with Crippen molar-refractivity contribution >= 4 is 0 Å². The van der Waals surface area contributed by atoms with Crippen molar-refractivity contribution in [3.8, 4) is 0 Å². The number of benzene rings is 1. The van der Waals surface area contributed by atoms with Crippen molar-refractivity contribution < 1.29 is 13.3 Å². The molecule has 0 aliphatic carbocycles. The highest BCUT2D eigenvalue weighted by Crippen LogP contribution is 2.20. The SMILES string of the molecule is NC(c1ccccc1)c1noc(C(F)F)n1. The summed E-state index contributed by atoms with van der Waals surface area (Å²) in [6.45, 7) is 0. The van der Waals surface area contributed by atoms with Crippen LogP contribution in [0, 0.1) is 0 Å². The number of nitrogens with zero attached hydrogens (tertiary/aromatic N) is 2. The van der Waals surface area contributed by atoms with Gasteiger partial charge in [0.1, 0.15) is 0 Å². The van der Waals surface area contributed by atoms with Gasteiger partial charge in [-0.15, -0.1) is 0 Å². The van der Waals surface area contributed by atoms with E-state index in [9.17, 15) is 8.78 Å². The van der Waals surface area contributed by atoms with Crippen LogP contribution in [0.15, 0.2) is 34.9 Å². The van der Waals surface area contributed by atoms with Crippen LogP contribution in [-0.4, -0.2) is 10.1 Å². The van der Waals surface area contributed by atoms with Gasteiger partial charge in [-0.05, 0) is 5.56 Å². The molecule has 0 amide bonds. The standard InChI is InChI=1S/C10H9F2N3O/c11-8(12)10-14-9(15-16-10)7(13)6-4-2-1-3-5-6/h1-5,7-8H,13H2. The number of rotatable bonds is 3. The van der Waals surface area contributed by atoms with Crippen molar-refractivity contribution in [2.24, 2.45) is 5.73 Å². The molecule has 1 aromatic carbocycles. The van der Waals surface area contributed by atoms with Gasteiger partial charge in [0, 0.05) is 0 Å². The van der Waals surface area contributed by atoms with Crippen LogP contribution in [0.5, 0.6) is 0 Å². The molecule has 0 saturated heterocycles. The van der Waals surface area contributed by atoms with E-state index in [1.54, 1.807) is 24.3 Å². The Hall–Kier alpha value is -1.82. The van der Waals surface area contributed by atoms with E-state index in [0.717, 1.165) is 5.56 Å². The molecule has 84 valence electrons. The lowest BCUT2D eigenvalue weighted by molar-refractivity contribution is 0.106. The fourth-order valence-corrected chi connectivity index (χ4v) is 1.27. The number of hydrogen-bond acceptors (Lipinski definition) is 4. The third kappa shape index (κ3) is 2.06. The average molecular weight is 225 g/mol. The smallest absolute Gasteiger partial charge is 0.315 e. The number of nitrogens with two attached hydrogens (primary N) is 1. The first kappa shape index (κ1) is 10.7. The summed E-state index contributed by atoms with van der Waals surface area (Å²) in [5.41, 5.74) is 6.54. The fraction of sp³-hybridized carbons (Fsp3) is 0.200. The van der Waals surface area contributed by atoms with E-state index in [-0.39, 0.29) is 5.82 Å². The molecular formula is C10H9F2N3O. The van der Waals surface area contributed by atoms with Crippen LogP contribution < -0.4 is 5.73 Å². The number of aromatic nitrogens is 2. The summed E-state index contributed by atoms with van der Waals surface area (Å²) < 4.78 is 28.8. The van der Waals surface area contributed by atoms with Crippen molar-refractivity contribution in [3.05, 3.63) is 47.6 Å². The number of halogens is 2. The number of hydrogen-bond donors (Lipinski definition) is 1. The van der Waals surface area contributed by atoms with Gasteiger partial charge in [-0.25, -0.2) is 0 Å². The van der Waals surface area contributed by atoms with Gasteiger partial charge in [-0.2, -0.15) is 13.8 Å². The molecule has 2 rings (SSSR count). The van der Waals surface area contributed by atoms with E-state index >= 15 is 0 Å². The van der Waals surface area contributed by atoms with Gasteiger partial charge in [0.25, 0.3) is 5.89 Å². The Kier molecular flexibility index (Phi) is 2.91. The minimum atomic E-state index is -2.77. The average Bonchev–Trinajstić information content (AvgIpc) is 2.78. The second-order valence-corrected chi connectivity index (χ2v) is 3.18. The predicted molar refractivity (Wildman–Crippen MR) is 51.7 cm³/mol. The lowest BCUT2D eigenvalue weighted by Gasteiger charge is -2.05. The van der Waals surface area contributed by atoms with Gasteiger partial charge in [-0.1, -0.05) is 35.5 Å². The monoisotopic (exact) mass is 225 g/mol. The Morgan fingerprint density at radius 1 is 1.19 bits per heavy atom. The van der Waals surface area contributed by atoms with E-state index in [1.807, 2.05) is 6.07 Å². The minimum Gasteiger partial charge on any atom is -0.333 e. The van der Waals surface area contributed by atoms with Crippen molar-refractivity contribution in [3.63, 3.8) is 0 Å². The summed E-state index contributed by atoms with van der Waals surface area (Å²) >= 11 is 0. The zero-order valence-electron chi connectivity index (χ0n) is 8.18. The van der Waals surface area contributed by atoms with Gasteiger partial charge < -0.3 is 10.3 Å². The molecule has 2 N–H and O–H groups in total. The fourth-order valence-electron chi connectivity index (χ4n) is 1.27. The molecule has 0 radical (unpaired) electrons. The van der Waals surface area contributed by atoms with Crippen LogP contribution in [0.1, 0.15) is 29.7 Å². The Bertz CT molecular complexity index is 458. The second-order valence-electron chi connectivity index (χ2n) is 3.18. The van der Waals surface area contributed by atoms with Crippen molar-refractivity contribution in [2.75, 3.05) is 0 Å². The van der Waals surface area contributed by atoms with E-state index in [0.29, 0.717) is 0 Å². The molecule has 0 saturated carbocycles. The van der Waals surface area contributed by atoms with Crippen molar-refractivity contribution in [1.29, 1.82) is 0 Å². The van der Waals surface area contributed by atoms with E-state index < -0.39 is 18.4 Å². The highest BCUT2D eigenvalue weighted by Gasteiger charge is 2.20. The molecule has 0 fully saturated rings. The van der Waals surface area contributed by atoms with Crippen LogP contribution in [-0.2, 0) is 0 Å². The van der Waals surface area contributed by atoms with Crippen LogP contribution in [0.2, 0.25) is 0 Å². The Labute approximate surface area is 90.1 Å². The summed E-state index contributed by atoms with van der Waals surface area (Å²) in [4.78, 5) is 3.53. The third-order valence-electron chi connectivity index (χ3n) is 2.08. The first-order chi connectivity index (χ1) is 7.68. The molecule has 1 atom stereocenters. The zero-order valence-corrected chi connectivity index (χ0v) is 8.18. The molecule has 16 heavy (non-hydrogen) atoms. The molecule has 0 bridgehead atoms. The Morgan fingerprint density at radius 3 is 2.44 bits per heavy atom. The summed E-state index contributed by atoms with van der Waals surface area (Å²) in [5.74, 6) is -0.650. The Morgan fingerprint density at radius 2 is 1.88 bits per heavy atom. The molecule has 2 aromatic rings. The molecule has 1 heterocycles. The first-order valence-electron chi connectivity index (χ1n) is 4.60. The highest BCUT2D eigenvalue weighted by molar-refractivity contribution is 5.23. The topological polar surface area (TPSA) is 64.9 Å². The van der Waals surface area contributed by atoms with Crippen LogP contribution in [0.3, 0.4) is 0 Å². The van der Waals surface area contributed by atoms with E-state index in [1.165, 1.54) is 0 Å². The molecular weight excluding hydrogens is 216 g/mol. The Balaban J connectivity index is 2.24. The quantitative estimate of drug-likeness (QED) is 0.868. The maximum atomic E-state index is 12.2. The largest absolute Gasteiger partial charge is 0.333 e. The summed E-state index contributed by atoms with van der Waals surface area (Å²) in [7, 11) is 0. The lowest BCUT2D eigenvalue weighted by atomic mass is 10.1. The first-order valence-corrected chi connectivity index (χ1v) is 4.60. The van der Waals surface area contributed by atoms with Crippen molar-refractivity contribution in [2.45, 2.75) is 12.5 Å². The third-order valence-corrected chi connectivity index (χ3v) is 2.08. The van der Waals surface area contributed by atoms with Crippen LogP contribution in [0.25, 0.3) is 0 Å². The van der Waals surface area contributed by atoms with E-state index in [4.69, 9.17) is 5.73 Å². The lowest BCUT2D eigenvalue weighted by Crippen LogP contribution is -2.13. The molecule has 0 aliphatic rings. The van der Waals surface area contributed by atoms with Gasteiger partial charge in [-0.3, -0.25) is 0 Å². The molecule has 1 unspecified atom stereocenters. The van der Waals surface area contributed by atoms with Gasteiger partial charge in [0.05, 0.1) is 6.04 Å². The van der Waals surface area contributed by atoms with Gasteiger partial charge >= 0.3 is 6.43 Å². The predicted octanol–water partition coefficient (Wildman–Crippen LogP) is 2.06. The summed E-state index contributed by atoms with van der Waals surface area (Å²) in [6, 6.07) is 8.30. The molecule has 0 aliphatic heterocycles. The maximum Gasteiger partial charge on any atom is 0.315 e. The normalized spacial score (nSPS) is 13.0. The van der Waals surface area contributed by atoms with Gasteiger partial charge in [0.2, 0.25) is 0 Å². The molecule has 4 nitrogen and oxygen atoms in total. The molecule has 1 aromatic heterocycles. The van der Waals surface area contributed by atoms with Gasteiger partial charge in [0.15, 0.2) is 5.82 Å². The zero-order chi connectivity index (χ0) is 11.5.